The zero-order valence-electron chi connectivity index (χ0n) is 9.17. The number of hydrogen-bond donors (Lipinski definition) is 0. The fourth-order valence-electron chi connectivity index (χ4n) is 1.79. The molecule has 0 spiro atoms. The van der Waals surface area contributed by atoms with E-state index in [0.717, 1.165) is 25.1 Å². The van der Waals surface area contributed by atoms with Gasteiger partial charge < -0.3 is 9.32 Å². The van der Waals surface area contributed by atoms with Gasteiger partial charge in [-0.1, -0.05) is 6.07 Å². The van der Waals surface area contributed by atoms with Crippen molar-refractivity contribution in [1.82, 2.24) is 15.1 Å². The molecule has 2 heterocycles. The smallest absolute Gasteiger partial charge is 0.253 e. The lowest BCUT2D eigenvalue weighted by Gasteiger charge is -2.30. The lowest BCUT2D eigenvalue weighted by molar-refractivity contribution is 0.0652. The van der Waals surface area contributed by atoms with Gasteiger partial charge in [-0.25, -0.2) is 0 Å². The van der Waals surface area contributed by atoms with E-state index in [4.69, 9.17) is 4.42 Å². The Hall–Kier alpha value is -2.17. The van der Waals surface area contributed by atoms with Gasteiger partial charge in [-0.3, -0.25) is 4.79 Å². The minimum Gasteiger partial charge on any atom is -0.423 e. The summed E-state index contributed by atoms with van der Waals surface area (Å²) in [7, 11) is 0. The SMILES string of the molecule is O=C(c1cccc(-c2nnco2)c1)N1CCC1. The number of carbonyl (C=O) groups excluding carboxylic acids is 1. The summed E-state index contributed by atoms with van der Waals surface area (Å²) in [6, 6.07) is 7.27. The van der Waals surface area contributed by atoms with Crippen LogP contribution in [0.2, 0.25) is 0 Å². The molecule has 5 nitrogen and oxygen atoms in total. The van der Waals surface area contributed by atoms with Crippen LogP contribution in [-0.2, 0) is 0 Å². The van der Waals surface area contributed by atoms with Crippen molar-refractivity contribution in [2.24, 2.45) is 0 Å². The average Bonchev–Trinajstić information content (AvgIpc) is 2.80. The Balaban J connectivity index is 1.91. The Morgan fingerprint density at radius 1 is 1.35 bits per heavy atom. The largest absolute Gasteiger partial charge is 0.423 e. The molecule has 0 bridgehead atoms. The molecule has 17 heavy (non-hydrogen) atoms. The molecule has 2 aromatic rings. The van der Waals surface area contributed by atoms with E-state index in [1.807, 2.05) is 17.0 Å². The molecule has 0 radical (unpaired) electrons. The highest BCUT2D eigenvalue weighted by Crippen LogP contribution is 2.19. The van der Waals surface area contributed by atoms with Crippen molar-refractivity contribution in [2.45, 2.75) is 6.42 Å². The third-order valence-corrected chi connectivity index (χ3v) is 2.86. The van der Waals surface area contributed by atoms with Crippen LogP contribution in [0.1, 0.15) is 16.8 Å². The van der Waals surface area contributed by atoms with E-state index in [1.54, 1.807) is 12.1 Å². The molecule has 0 atom stereocenters. The van der Waals surface area contributed by atoms with Gasteiger partial charge in [0, 0.05) is 24.2 Å². The van der Waals surface area contributed by atoms with Gasteiger partial charge in [0.05, 0.1) is 0 Å². The van der Waals surface area contributed by atoms with E-state index in [2.05, 4.69) is 10.2 Å². The molecule has 1 aliphatic heterocycles. The summed E-state index contributed by atoms with van der Waals surface area (Å²) in [6.07, 6.45) is 2.37. The molecule has 0 saturated carbocycles. The molecule has 0 unspecified atom stereocenters. The molecule has 5 heteroatoms. The van der Waals surface area contributed by atoms with E-state index < -0.39 is 0 Å². The maximum atomic E-state index is 12.0. The number of carbonyl (C=O) groups is 1. The second-order valence-corrected chi connectivity index (χ2v) is 3.97. The first-order chi connectivity index (χ1) is 8.34. The summed E-state index contributed by atoms with van der Waals surface area (Å²) in [5, 5.41) is 7.45. The quantitative estimate of drug-likeness (QED) is 0.784. The van der Waals surface area contributed by atoms with Crippen molar-refractivity contribution < 1.29 is 9.21 Å². The molecule has 1 aromatic heterocycles. The number of rotatable bonds is 2. The Labute approximate surface area is 98.1 Å². The molecule has 3 rings (SSSR count). The predicted molar refractivity (Wildman–Crippen MR) is 60.3 cm³/mol. The second kappa shape index (κ2) is 4.01. The van der Waals surface area contributed by atoms with E-state index in [1.165, 1.54) is 6.39 Å². The maximum Gasteiger partial charge on any atom is 0.253 e. The summed E-state index contributed by atoms with van der Waals surface area (Å²) < 4.78 is 5.11. The van der Waals surface area contributed by atoms with E-state index in [9.17, 15) is 4.79 Å². The molecular weight excluding hydrogens is 218 g/mol. The van der Waals surface area contributed by atoms with Gasteiger partial charge in [0.2, 0.25) is 12.3 Å². The van der Waals surface area contributed by atoms with Crippen molar-refractivity contribution >= 4 is 5.91 Å². The molecule has 1 fully saturated rings. The Kier molecular flexibility index (Phi) is 2.36. The number of amides is 1. The fraction of sp³-hybridized carbons (Fsp3) is 0.250. The lowest BCUT2D eigenvalue weighted by Crippen LogP contribution is -2.41. The van der Waals surface area contributed by atoms with E-state index in [0.29, 0.717) is 11.5 Å². The van der Waals surface area contributed by atoms with Gasteiger partial charge >= 0.3 is 0 Å². The monoisotopic (exact) mass is 229 g/mol. The average molecular weight is 229 g/mol. The van der Waals surface area contributed by atoms with Gasteiger partial charge in [0.1, 0.15) is 0 Å². The van der Waals surface area contributed by atoms with Crippen LogP contribution in [0, 0.1) is 0 Å². The number of aromatic nitrogens is 2. The van der Waals surface area contributed by atoms with Crippen LogP contribution >= 0.6 is 0 Å². The van der Waals surface area contributed by atoms with Gasteiger partial charge in [-0.2, -0.15) is 0 Å². The molecule has 0 N–H and O–H groups in total. The molecule has 1 aromatic carbocycles. The van der Waals surface area contributed by atoms with Gasteiger partial charge in [-0.05, 0) is 24.6 Å². The first-order valence-electron chi connectivity index (χ1n) is 5.50. The van der Waals surface area contributed by atoms with Crippen LogP contribution in [0.5, 0.6) is 0 Å². The third kappa shape index (κ3) is 1.80. The molecule has 1 aliphatic rings. The van der Waals surface area contributed by atoms with Crippen LogP contribution < -0.4 is 0 Å². The van der Waals surface area contributed by atoms with Crippen molar-refractivity contribution in [3.8, 4) is 11.5 Å². The van der Waals surface area contributed by atoms with Crippen LogP contribution in [0.3, 0.4) is 0 Å². The topological polar surface area (TPSA) is 59.2 Å². The van der Waals surface area contributed by atoms with Crippen LogP contribution in [-0.4, -0.2) is 34.1 Å². The first kappa shape index (κ1) is 10.0. The van der Waals surface area contributed by atoms with Crippen molar-refractivity contribution in [3.05, 3.63) is 36.2 Å². The summed E-state index contributed by atoms with van der Waals surface area (Å²) in [6.45, 7) is 1.70. The maximum absolute atomic E-state index is 12.0. The predicted octanol–water partition coefficient (Wildman–Crippen LogP) is 1.58. The fourth-order valence-corrected chi connectivity index (χ4v) is 1.79. The van der Waals surface area contributed by atoms with Gasteiger partial charge in [0.25, 0.3) is 5.91 Å². The summed E-state index contributed by atoms with van der Waals surface area (Å²) in [5.74, 6) is 0.501. The summed E-state index contributed by atoms with van der Waals surface area (Å²) >= 11 is 0. The minimum atomic E-state index is 0.0672. The Bertz CT molecular complexity index is 532. The highest BCUT2D eigenvalue weighted by Gasteiger charge is 2.21. The molecule has 0 aliphatic carbocycles. The summed E-state index contributed by atoms with van der Waals surface area (Å²) in [4.78, 5) is 13.8. The van der Waals surface area contributed by atoms with Crippen LogP contribution in [0.15, 0.2) is 35.1 Å². The van der Waals surface area contributed by atoms with Gasteiger partial charge in [0.15, 0.2) is 0 Å². The summed E-state index contributed by atoms with van der Waals surface area (Å²) in [5.41, 5.74) is 1.44. The normalized spacial score (nSPS) is 14.5. The third-order valence-electron chi connectivity index (χ3n) is 2.86. The van der Waals surface area contributed by atoms with Crippen molar-refractivity contribution in [1.29, 1.82) is 0 Å². The molecular formula is C12H11N3O2. The van der Waals surface area contributed by atoms with Crippen molar-refractivity contribution in [2.75, 3.05) is 13.1 Å². The number of benzene rings is 1. The molecule has 86 valence electrons. The van der Waals surface area contributed by atoms with E-state index >= 15 is 0 Å². The lowest BCUT2D eigenvalue weighted by atomic mass is 10.1. The van der Waals surface area contributed by atoms with Crippen LogP contribution in [0.4, 0.5) is 0 Å². The molecule has 1 amide bonds. The zero-order chi connectivity index (χ0) is 11.7. The minimum absolute atomic E-state index is 0.0672. The molecule has 1 saturated heterocycles. The second-order valence-electron chi connectivity index (χ2n) is 3.97. The first-order valence-corrected chi connectivity index (χ1v) is 5.50. The number of nitrogens with zero attached hydrogens (tertiary/aromatic N) is 3. The Morgan fingerprint density at radius 3 is 2.88 bits per heavy atom. The van der Waals surface area contributed by atoms with E-state index in [-0.39, 0.29) is 5.91 Å². The van der Waals surface area contributed by atoms with Gasteiger partial charge in [-0.15, -0.1) is 10.2 Å². The zero-order valence-corrected chi connectivity index (χ0v) is 9.17. The number of likely N-dealkylation sites (tertiary alicyclic amines) is 1. The Morgan fingerprint density at radius 2 is 2.24 bits per heavy atom. The van der Waals surface area contributed by atoms with Crippen molar-refractivity contribution in [3.63, 3.8) is 0 Å². The van der Waals surface area contributed by atoms with Crippen LogP contribution in [0.25, 0.3) is 11.5 Å². The highest BCUT2D eigenvalue weighted by molar-refractivity contribution is 5.95. The standard InChI is InChI=1S/C12H11N3O2/c16-12(15-5-2-6-15)10-4-1-3-9(7-10)11-14-13-8-17-11/h1,3-4,7-8H,2,5-6H2. The highest BCUT2D eigenvalue weighted by atomic mass is 16.4. The number of hydrogen-bond acceptors (Lipinski definition) is 4.